The summed E-state index contributed by atoms with van der Waals surface area (Å²) in [5.41, 5.74) is -0.122. The van der Waals surface area contributed by atoms with Crippen molar-refractivity contribution in [3.05, 3.63) is 0 Å². The Morgan fingerprint density at radius 2 is 2.15 bits per heavy atom. The van der Waals surface area contributed by atoms with Crippen molar-refractivity contribution in [1.82, 2.24) is 0 Å². The van der Waals surface area contributed by atoms with Gasteiger partial charge in [-0.1, -0.05) is 20.3 Å². The molecule has 1 saturated heterocycles. The summed E-state index contributed by atoms with van der Waals surface area (Å²) >= 11 is 0. The molecule has 2 unspecified atom stereocenters. The molecule has 13 heavy (non-hydrogen) atoms. The number of alkyl halides is 1. The topological polar surface area (TPSA) is 34.1 Å². The molecule has 1 fully saturated rings. The van der Waals surface area contributed by atoms with Gasteiger partial charge in [0, 0.05) is 0 Å². The molecule has 0 aliphatic carbocycles. The quantitative estimate of drug-likeness (QED) is 0.660. The third-order valence-electron chi connectivity index (χ3n) is 3.02. The smallest absolute Gasteiger partial charge is 0.153 e. The molecule has 1 heterocycles. The lowest BCUT2D eigenvalue weighted by atomic mass is 9.80. The summed E-state index contributed by atoms with van der Waals surface area (Å²) in [5, 5.41) is 0. The molecule has 0 radical (unpaired) electrons. The second-order valence-corrected chi connectivity index (χ2v) is 6.56. The Morgan fingerprint density at radius 3 is 2.69 bits per heavy atom. The monoisotopic (exact) mass is 208 g/mol. The van der Waals surface area contributed by atoms with Crippen LogP contribution in [0.25, 0.3) is 0 Å². The summed E-state index contributed by atoms with van der Waals surface area (Å²) in [6.07, 6.45) is 0.676. The Bertz CT molecular complexity index is 273. The van der Waals surface area contributed by atoms with Crippen LogP contribution >= 0.6 is 0 Å². The summed E-state index contributed by atoms with van der Waals surface area (Å²) in [4.78, 5) is 0. The summed E-state index contributed by atoms with van der Waals surface area (Å²) in [6.45, 7) is 3.96. The molecule has 1 aliphatic rings. The lowest BCUT2D eigenvalue weighted by Crippen LogP contribution is -2.20. The molecule has 1 aliphatic heterocycles. The highest BCUT2D eigenvalue weighted by Crippen LogP contribution is 2.35. The zero-order valence-corrected chi connectivity index (χ0v) is 9.03. The highest BCUT2D eigenvalue weighted by Gasteiger charge is 2.34. The average Bonchev–Trinajstić information content (AvgIpc) is 2.09. The van der Waals surface area contributed by atoms with Gasteiger partial charge in [0.25, 0.3) is 0 Å². The maximum absolute atomic E-state index is 13.2. The van der Waals surface area contributed by atoms with Gasteiger partial charge in [-0.25, -0.2) is 12.8 Å². The van der Waals surface area contributed by atoms with Crippen LogP contribution in [0.5, 0.6) is 0 Å². The maximum atomic E-state index is 13.2. The van der Waals surface area contributed by atoms with E-state index in [1.54, 1.807) is 0 Å². The van der Waals surface area contributed by atoms with Gasteiger partial charge in [0.2, 0.25) is 0 Å². The zero-order chi connectivity index (χ0) is 10.1. The Balaban J connectivity index is 2.81. The van der Waals surface area contributed by atoms with Crippen LogP contribution in [0.15, 0.2) is 0 Å². The Morgan fingerprint density at radius 1 is 1.54 bits per heavy atom. The molecule has 0 bridgehead atoms. The van der Waals surface area contributed by atoms with E-state index in [-0.39, 0.29) is 16.9 Å². The van der Waals surface area contributed by atoms with Crippen LogP contribution < -0.4 is 0 Å². The normalized spacial score (nSPS) is 39.8. The predicted molar refractivity (Wildman–Crippen MR) is 51.2 cm³/mol. The molecule has 0 aromatic heterocycles. The van der Waals surface area contributed by atoms with Gasteiger partial charge in [0.15, 0.2) is 9.84 Å². The first-order valence-corrected chi connectivity index (χ1v) is 6.53. The molecule has 0 aromatic rings. The number of hydrogen-bond acceptors (Lipinski definition) is 2. The fourth-order valence-corrected chi connectivity index (χ4v) is 3.42. The summed E-state index contributed by atoms with van der Waals surface area (Å²) in [6, 6.07) is 0. The summed E-state index contributed by atoms with van der Waals surface area (Å²) in [5.74, 6) is -0.125. The fourth-order valence-electron chi connectivity index (χ4n) is 1.78. The predicted octanol–water partition coefficient (Wildman–Crippen LogP) is 1.95. The molecule has 0 saturated carbocycles. The van der Waals surface area contributed by atoms with Gasteiger partial charge in [0.05, 0.1) is 11.5 Å². The third-order valence-corrected chi connectivity index (χ3v) is 4.71. The van der Waals surface area contributed by atoms with E-state index in [1.165, 1.54) is 0 Å². The third kappa shape index (κ3) is 2.93. The van der Waals surface area contributed by atoms with Gasteiger partial charge in [-0.2, -0.15) is 0 Å². The standard InChI is InChI=1S/C9H17FO2S/c1-3-9(2)4-5-13(11,12)7-8(10)6-9/h8H,3-7H2,1-2H3. The lowest BCUT2D eigenvalue weighted by molar-refractivity contribution is 0.199. The van der Waals surface area contributed by atoms with Crippen molar-refractivity contribution in [2.45, 2.75) is 39.3 Å². The van der Waals surface area contributed by atoms with E-state index in [0.717, 1.165) is 6.42 Å². The van der Waals surface area contributed by atoms with Crippen molar-refractivity contribution in [2.75, 3.05) is 11.5 Å². The van der Waals surface area contributed by atoms with Gasteiger partial charge in [0.1, 0.15) is 6.17 Å². The second kappa shape index (κ2) is 3.56. The van der Waals surface area contributed by atoms with Crippen LogP contribution in [0.4, 0.5) is 4.39 Å². The van der Waals surface area contributed by atoms with Gasteiger partial charge in [-0.05, 0) is 18.3 Å². The first-order valence-electron chi connectivity index (χ1n) is 4.71. The van der Waals surface area contributed by atoms with Crippen molar-refractivity contribution in [1.29, 1.82) is 0 Å². The number of halogens is 1. The molecule has 4 heteroatoms. The molecule has 1 rings (SSSR count). The SMILES string of the molecule is CCC1(C)CCS(=O)(=O)CC(F)C1. The molecular formula is C9H17FO2S. The van der Waals surface area contributed by atoms with Crippen molar-refractivity contribution in [3.63, 3.8) is 0 Å². The minimum absolute atomic E-state index is 0.122. The van der Waals surface area contributed by atoms with Crippen LogP contribution in [-0.2, 0) is 9.84 Å². The van der Waals surface area contributed by atoms with E-state index in [0.29, 0.717) is 12.8 Å². The second-order valence-electron chi connectivity index (χ2n) is 4.33. The molecule has 0 spiro atoms. The van der Waals surface area contributed by atoms with Crippen molar-refractivity contribution >= 4 is 9.84 Å². The van der Waals surface area contributed by atoms with E-state index < -0.39 is 16.0 Å². The van der Waals surface area contributed by atoms with E-state index in [2.05, 4.69) is 0 Å². The summed E-state index contributed by atoms with van der Waals surface area (Å²) in [7, 11) is -3.12. The Kier molecular flexibility index (Phi) is 3.00. The molecule has 2 atom stereocenters. The first kappa shape index (κ1) is 11.0. The molecule has 0 N–H and O–H groups in total. The van der Waals surface area contributed by atoms with Crippen LogP contribution in [0.3, 0.4) is 0 Å². The van der Waals surface area contributed by atoms with Crippen molar-refractivity contribution in [2.24, 2.45) is 5.41 Å². The highest BCUT2D eigenvalue weighted by atomic mass is 32.2. The fraction of sp³-hybridized carbons (Fsp3) is 1.00. The largest absolute Gasteiger partial charge is 0.246 e. The van der Waals surface area contributed by atoms with Gasteiger partial charge < -0.3 is 0 Å². The number of sulfone groups is 1. The van der Waals surface area contributed by atoms with Crippen molar-refractivity contribution < 1.29 is 12.8 Å². The number of hydrogen-bond donors (Lipinski definition) is 0. The van der Waals surface area contributed by atoms with Crippen LogP contribution in [0.2, 0.25) is 0 Å². The first-order chi connectivity index (χ1) is 5.87. The molecular weight excluding hydrogens is 191 g/mol. The van der Waals surface area contributed by atoms with Crippen molar-refractivity contribution in [3.8, 4) is 0 Å². The van der Waals surface area contributed by atoms with Gasteiger partial charge in [-0.3, -0.25) is 0 Å². The van der Waals surface area contributed by atoms with Crippen LogP contribution in [0, 0.1) is 5.41 Å². The molecule has 2 nitrogen and oxygen atoms in total. The van der Waals surface area contributed by atoms with Crippen LogP contribution in [-0.4, -0.2) is 26.1 Å². The maximum Gasteiger partial charge on any atom is 0.153 e. The minimum atomic E-state index is -3.12. The van der Waals surface area contributed by atoms with Crippen LogP contribution in [0.1, 0.15) is 33.1 Å². The summed E-state index contributed by atoms with van der Waals surface area (Å²) < 4.78 is 35.7. The van der Waals surface area contributed by atoms with E-state index >= 15 is 0 Å². The van der Waals surface area contributed by atoms with E-state index in [4.69, 9.17) is 0 Å². The van der Waals surface area contributed by atoms with E-state index in [9.17, 15) is 12.8 Å². The minimum Gasteiger partial charge on any atom is -0.246 e. The lowest BCUT2D eigenvalue weighted by Gasteiger charge is -2.26. The highest BCUT2D eigenvalue weighted by molar-refractivity contribution is 7.91. The molecule has 0 amide bonds. The molecule has 0 aromatic carbocycles. The number of rotatable bonds is 1. The Hall–Kier alpha value is -0.120. The Labute approximate surface area is 79.4 Å². The van der Waals surface area contributed by atoms with E-state index in [1.807, 2.05) is 13.8 Å². The molecule has 78 valence electrons. The zero-order valence-electron chi connectivity index (χ0n) is 8.22. The van der Waals surface area contributed by atoms with Gasteiger partial charge in [-0.15, -0.1) is 0 Å². The van der Waals surface area contributed by atoms with Gasteiger partial charge >= 0.3 is 0 Å². The average molecular weight is 208 g/mol.